The average molecular weight is 1060 g/mol. The Balaban J connectivity index is 1.33. The van der Waals surface area contributed by atoms with Crippen LogP contribution in [0.1, 0.15) is 86.5 Å². The van der Waals surface area contributed by atoms with E-state index in [4.69, 9.17) is 4.74 Å². The minimum Gasteiger partial charge on any atom is -0.508 e. The van der Waals surface area contributed by atoms with E-state index in [2.05, 4.69) is 33.5 Å². The molecule has 24 heteroatoms. The second-order valence-electron chi connectivity index (χ2n) is 19.8. The molecule has 414 valence electrons. The number of aromatic hydroxyl groups is 1. The van der Waals surface area contributed by atoms with Crippen molar-refractivity contribution in [2.75, 3.05) is 13.1 Å². The second kappa shape index (κ2) is 25.8. The van der Waals surface area contributed by atoms with Crippen LogP contribution in [-0.4, -0.2) is 189 Å². The topological polar surface area (TPSA) is 377 Å². The SMILES string of the molecule is CCCCc1ccc(COc2ccc(C(=O)N[C@H]3C[C@@H](O)[C@@H](O)NC(=O)[C@@H]4[C@@H](O)[C@@H](C)CN4C(=O)[C@H]([C@@H](C)O)NC(=O)[C@H]([C@H](O)[C@@H](O)c4ccc(O)cc4)NC(=O)[C@@H]4C[C@@H](O)CN4C(=O)[C@H]([C@@H](C)O)NC3=O)cc2)cc1. The highest BCUT2D eigenvalue weighted by Gasteiger charge is 2.50. The molecule has 3 aromatic carbocycles. The number of rotatable bonds is 13. The van der Waals surface area contributed by atoms with E-state index in [1.54, 1.807) is 0 Å². The molecule has 3 aromatic rings. The van der Waals surface area contributed by atoms with Crippen molar-refractivity contribution >= 4 is 41.4 Å². The number of nitrogens with one attached hydrogen (secondary N) is 5. The van der Waals surface area contributed by atoms with Crippen molar-refractivity contribution in [3.05, 3.63) is 95.1 Å². The lowest BCUT2D eigenvalue weighted by Gasteiger charge is -2.34. The molecule has 0 aliphatic carbocycles. The third kappa shape index (κ3) is 14.2. The number of aliphatic hydroxyl groups excluding tert-OH is 8. The molecule has 76 heavy (non-hydrogen) atoms. The number of fused-ring (bicyclic) bond motifs is 2. The van der Waals surface area contributed by atoms with Gasteiger partial charge in [-0.3, -0.25) is 33.6 Å². The number of unbranched alkanes of at least 4 members (excludes halogenated alkanes) is 1. The molecule has 3 aliphatic rings. The Morgan fingerprint density at radius 2 is 1.28 bits per heavy atom. The first-order chi connectivity index (χ1) is 36.0. The molecule has 15 atom stereocenters. The first-order valence-electron chi connectivity index (χ1n) is 25.2. The van der Waals surface area contributed by atoms with E-state index in [0.717, 1.165) is 60.6 Å². The Morgan fingerprint density at radius 1 is 0.697 bits per heavy atom. The third-order valence-corrected chi connectivity index (χ3v) is 13.8. The summed E-state index contributed by atoms with van der Waals surface area (Å²) in [6, 6.07) is 6.77. The van der Waals surface area contributed by atoms with Crippen LogP contribution in [0.4, 0.5) is 0 Å². The lowest BCUT2D eigenvalue weighted by atomic mass is 9.96. The number of phenols is 1. The quantitative estimate of drug-likeness (QED) is 0.0816. The highest BCUT2D eigenvalue weighted by Crippen LogP contribution is 2.28. The van der Waals surface area contributed by atoms with Crippen LogP contribution in [0, 0.1) is 5.92 Å². The molecular weight excluding hydrogens is 995 g/mol. The van der Waals surface area contributed by atoms with E-state index < -0.39 is 152 Å². The molecule has 3 aliphatic heterocycles. The zero-order valence-electron chi connectivity index (χ0n) is 42.4. The van der Waals surface area contributed by atoms with E-state index in [1.807, 2.05) is 24.3 Å². The molecule has 0 spiro atoms. The van der Waals surface area contributed by atoms with Gasteiger partial charge in [-0.2, -0.15) is 0 Å². The Kier molecular flexibility index (Phi) is 19.9. The van der Waals surface area contributed by atoms with Crippen molar-refractivity contribution in [3.63, 3.8) is 0 Å². The molecule has 7 amide bonds. The van der Waals surface area contributed by atoms with Gasteiger partial charge in [0.05, 0.1) is 24.4 Å². The third-order valence-electron chi connectivity index (χ3n) is 13.8. The molecule has 3 heterocycles. The summed E-state index contributed by atoms with van der Waals surface area (Å²) in [6.45, 7) is 5.02. The molecule has 14 N–H and O–H groups in total. The van der Waals surface area contributed by atoms with Gasteiger partial charge in [0, 0.05) is 37.4 Å². The lowest BCUT2D eigenvalue weighted by Crippen LogP contribution is -2.64. The molecule has 0 aromatic heterocycles. The number of phenolic OH excluding ortho intramolecular Hbond substituents is 1. The number of ether oxygens (including phenoxy) is 1. The van der Waals surface area contributed by atoms with Crippen molar-refractivity contribution in [2.45, 2.75) is 152 Å². The summed E-state index contributed by atoms with van der Waals surface area (Å²) in [5.41, 5.74) is 2.00. The average Bonchev–Trinajstić information content (AvgIpc) is 3.94. The van der Waals surface area contributed by atoms with E-state index in [-0.39, 0.29) is 30.0 Å². The van der Waals surface area contributed by atoms with Crippen LogP contribution < -0.4 is 31.3 Å². The fourth-order valence-corrected chi connectivity index (χ4v) is 9.32. The second-order valence-corrected chi connectivity index (χ2v) is 19.8. The summed E-state index contributed by atoms with van der Waals surface area (Å²) in [5, 5.41) is 111. The molecule has 24 nitrogen and oxygen atoms in total. The normalized spacial score (nSPS) is 28.8. The summed E-state index contributed by atoms with van der Waals surface area (Å²) >= 11 is 0. The maximum absolute atomic E-state index is 14.4. The van der Waals surface area contributed by atoms with Gasteiger partial charge in [-0.1, -0.05) is 56.7 Å². The fourth-order valence-electron chi connectivity index (χ4n) is 9.32. The van der Waals surface area contributed by atoms with Crippen LogP contribution in [0.5, 0.6) is 11.5 Å². The van der Waals surface area contributed by atoms with Crippen LogP contribution in [0.2, 0.25) is 0 Å². The molecule has 0 bridgehead atoms. The largest absolute Gasteiger partial charge is 0.508 e. The number of aryl methyl sites for hydroxylation is 1. The Bertz CT molecular complexity index is 2520. The van der Waals surface area contributed by atoms with Crippen molar-refractivity contribution < 1.29 is 84.3 Å². The number of hydrogen-bond donors (Lipinski definition) is 14. The highest BCUT2D eigenvalue weighted by atomic mass is 16.5. The molecule has 0 unspecified atom stereocenters. The van der Waals surface area contributed by atoms with E-state index >= 15 is 0 Å². The number of carbonyl (C=O) groups excluding carboxylic acids is 7. The molecule has 3 saturated heterocycles. The maximum atomic E-state index is 14.4. The van der Waals surface area contributed by atoms with Crippen molar-refractivity contribution in [3.8, 4) is 11.5 Å². The van der Waals surface area contributed by atoms with Crippen LogP contribution >= 0.6 is 0 Å². The lowest BCUT2D eigenvalue weighted by molar-refractivity contribution is -0.148. The molecule has 0 radical (unpaired) electrons. The summed E-state index contributed by atoms with van der Waals surface area (Å²) in [7, 11) is 0. The molecular formula is C52H69N7O17. The summed E-state index contributed by atoms with van der Waals surface area (Å²) in [4.78, 5) is 101. The predicted octanol–water partition coefficient (Wildman–Crippen LogP) is -2.91. The Hall–Kier alpha value is -6.77. The van der Waals surface area contributed by atoms with Crippen LogP contribution in [0.15, 0.2) is 72.8 Å². The minimum atomic E-state index is -2.29. The van der Waals surface area contributed by atoms with Gasteiger partial charge in [-0.25, -0.2) is 0 Å². The van der Waals surface area contributed by atoms with Crippen LogP contribution in [0.3, 0.4) is 0 Å². The van der Waals surface area contributed by atoms with Gasteiger partial charge in [0.1, 0.15) is 72.7 Å². The van der Waals surface area contributed by atoms with E-state index in [0.29, 0.717) is 5.75 Å². The summed E-state index contributed by atoms with van der Waals surface area (Å²) in [6.07, 6.45) is -13.6. The standard InChI is InChI=1S/C52H69N7O17/c1-5-6-7-28-8-10-29(11-9-28)24-76-34-18-14-31(15-19-34)45(68)53-35-21-37(64)48(71)57-50(73)41-42(65)25(2)22-59(41)52(75)39(27(4)61)55-49(72)40(44(67)43(66)30-12-16-32(62)17-13-30)56-47(70)36-20-33(63)23-58(36)51(74)38(26(3)60)54-46(35)69/h8-19,25-27,33,35-44,48,60-67,71H,5-7,20-24H2,1-4H3,(H,53,68)(H,54,69)(H,55,72)(H,56,70)(H,57,73)/t25-,26+,27+,33+,35-,36-,37+,38-,39-,40-,41-,42-,43-,44-,48+/m0/s1. The van der Waals surface area contributed by atoms with Gasteiger partial charge in [0.2, 0.25) is 35.4 Å². The summed E-state index contributed by atoms with van der Waals surface area (Å²) in [5.74, 6) is -9.09. The number of benzene rings is 3. The Morgan fingerprint density at radius 3 is 1.88 bits per heavy atom. The number of hydrogen-bond acceptors (Lipinski definition) is 17. The molecule has 6 rings (SSSR count). The molecule has 3 fully saturated rings. The van der Waals surface area contributed by atoms with Gasteiger partial charge in [-0.05, 0) is 79.8 Å². The van der Waals surface area contributed by atoms with Crippen LogP contribution in [0.25, 0.3) is 0 Å². The fraction of sp³-hybridized carbons (Fsp3) is 0.519. The van der Waals surface area contributed by atoms with Crippen molar-refractivity contribution in [1.29, 1.82) is 0 Å². The number of amides is 7. The first kappa shape index (κ1) is 58.5. The summed E-state index contributed by atoms with van der Waals surface area (Å²) < 4.78 is 5.91. The number of nitrogens with zero attached hydrogens (tertiary/aromatic N) is 2. The molecule has 0 saturated carbocycles. The monoisotopic (exact) mass is 1060 g/mol. The van der Waals surface area contributed by atoms with Gasteiger partial charge >= 0.3 is 0 Å². The zero-order chi connectivity index (χ0) is 55.7. The maximum Gasteiger partial charge on any atom is 0.251 e. The van der Waals surface area contributed by atoms with E-state index in [9.17, 15) is 79.5 Å². The van der Waals surface area contributed by atoms with Gasteiger partial charge in [-0.15, -0.1) is 0 Å². The Labute approximate surface area is 438 Å². The number of aliphatic hydroxyl groups is 8. The van der Waals surface area contributed by atoms with Crippen LogP contribution in [-0.2, 0) is 41.8 Å². The zero-order valence-corrected chi connectivity index (χ0v) is 42.4. The smallest absolute Gasteiger partial charge is 0.251 e. The van der Waals surface area contributed by atoms with Gasteiger partial charge in [0.15, 0.2) is 6.23 Å². The van der Waals surface area contributed by atoms with E-state index in [1.165, 1.54) is 48.9 Å². The van der Waals surface area contributed by atoms with Crippen molar-refractivity contribution in [2.24, 2.45) is 5.92 Å². The highest BCUT2D eigenvalue weighted by molar-refractivity contribution is 6.00. The number of carbonyl (C=O) groups is 7. The predicted molar refractivity (Wildman–Crippen MR) is 267 cm³/mol. The minimum absolute atomic E-state index is 0.0224. The van der Waals surface area contributed by atoms with Gasteiger partial charge in [0.25, 0.3) is 5.91 Å². The van der Waals surface area contributed by atoms with Gasteiger partial charge < -0.3 is 87.1 Å². The first-order valence-corrected chi connectivity index (χ1v) is 25.2. The van der Waals surface area contributed by atoms with Crippen molar-refractivity contribution in [1.82, 2.24) is 36.4 Å².